The average molecular weight is 278 g/mol. The zero-order valence-electron chi connectivity index (χ0n) is 9.74. The van der Waals surface area contributed by atoms with Gasteiger partial charge in [0, 0.05) is 10.3 Å². The Bertz CT molecular complexity index is 708. The van der Waals surface area contributed by atoms with Crippen molar-refractivity contribution in [3.8, 4) is 10.4 Å². The Labute approximate surface area is 112 Å². The molecule has 0 saturated heterocycles. The summed E-state index contributed by atoms with van der Waals surface area (Å²) in [5.41, 5.74) is 0.205. The number of alkyl halides is 3. The number of fused-ring (bicyclic) bond motifs is 1. The maximum Gasteiger partial charge on any atom is 0.416 e. The van der Waals surface area contributed by atoms with Crippen molar-refractivity contribution in [2.75, 3.05) is 0 Å². The fraction of sp³-hybridized carbons (Fsp3) is 0.0667. The van der Waals surface area contributed by atoms with Gasteiger partial charge in [-0.1, -0.05) is 36.4 Å². The first kappa shape index (κ1) is 12.2. The van der Waals surface area contributed by atoms with E-state index < -0.39 is 11.7 Å². The van der Waals surface area contributed by atoms with Crippen LogP contribution < -0.4 is 0 Å². The van der Waals surface area contributed by atoms with Crippen LogP contribution in [0.5, 0.6) is 0 Å². The topological polar surface area (TPSA) is 0 Å². The summed E-state index contributed by atoms with van der Waals surface area (Å²) in [5, 5.41) is 4.21. The van der Waals surface area contributed by atoms with Crippen LogP contribution in [0.4, 0.5) is 13.2 Å². The predicted molar refractivity (Wildman–Crippen MR) is 72.3 cm³/mol. The Morgan fingerprint density at radius 3 is 2.21 bits per heavy atom. The number of benzene rings is 2. The maximum atomic E-state index is 12.5. The number of hydrogen-bond acceptors (Lipinski definition) is 1. The van der Waals surface area contributed by atoms with Crippen molar-refractivity contribution in [1.29, 1.82) is 0 Å². The van der Waals surface area contributed by atoms with Gasteiger partial charge in [-0.3, -0.25) is 0 Å². The number of halogens is 3. The van der Waals surface area contributed by atoms with Crippen molar-refractivity contribution in [3.05, 3.63) is 59.5 Å². The third-order valence-electron chi connectivity index (χ3n) is 2.98. The minimum atomic E-state index is -4.28. The highest BCUT2D eigenvalue weighted by atomic mass is 32.1. The molecule has 0 spiro atoms. The van der Waals surface area contributed by atoms with Gasteiger partial charge in [-0.25, -0.2) is 0 Å². The summed E-state index contributed by atoms with van der Waals surface area (Å²) < 4.78 is 37.6. The molecule has 0 bridgehead atoms. The van der Waals surface area contributed by atoms with Crippen LogP contribution in [-0.4, -0.2) is 0 Å². The quantitative estimate of drug-likeness (QED) is 0.544. The molecule has 0 atom stereocenters. The van der Waals surface area contributed by atoms with Gasteiger partial charge < -0.3 is 0 Å². The fourth-order valence-corrected chi connectivity index (χ4v) is 3.06. The highest BCUT2D eigenvalue weighted by Crippen LogP contribution is 2.36. The molecule has 4 heteroatoms. The van der Waals surface area contributed by atoms with Gasteiger partial charge in [-0.15, -0.1) is 11.3 Å². The average Bonchev–Trinajstić information content (AvgIpc) is 2.82. The molecule has 3 aromatic rings. The smallest absolute Gasteiger partial charge is 0.166 e. The van der Waals surface area contributed by atoms with Crippen LogP contribution in [0, 0.1) is 0 Å². The Kier molecular flexibility index (Phi) is 2.82. The van der Waals surface area contributed by atoms with Crippen LogP contribution in [0.15, 0.2) is 53.9 Å². The molecule has 0 radical (unpaired) electrons. The van der Waals surface area contributed by atoms with Gasteiger partial charge in [0.05, 0.1) is 5.56 Å². The van der Waals surface area contributed by atoms with E-state index in [9.17, 15) is 13.2 Å². The molecule has 0 fully saturated rings. The third-order valence-corrected chi connectivity index (χ3v) is 4.05. The maximum absolute atomic E-state index is 12.5. The first-order chi connectivity index (χ1) is 9.05. The van der Waals surface area contributed by atoms with Crippen LogP contribution in [0.1, 0.15) is 5.56 Å². The SMILES string of the molecule is FC(F)(F)c1ccc(-c2scc3ccccc23)cc1. The largest absolute Gasteiger partial charge is 0.416 e. The Balaban J connectivity index is 2.07. The second-order valence-electron chi connectivity index (χ2n) is 4.23. The number of rotatable bonds is 1. The second-order valence-corrected chi connectivity index (χ2v) is 5.11. The van der Waals surface area contributed by atoms with Crippen molar-refractivity contribution < 1.29 is 13.2 Å². The lowest BCUT2D eigenvalue weighted by Gasteiger charge is -2.07. The van der Waals surface area contributed by atoms with Gasteiger partial charge in [0.15, 0.2) is 0 Å². The summed E-state index contributed by atoms with van der Waals surface area (Å²) in [6, 6.07) is 13.2. The molecule has 1 aromatic heterocycles. The van der Waals surface area contributed by atoms with E-state index in [4.69, 9.17) is 0 Å². The monoisotopic (exact) mass is 278 g/mol. The van der Waals surface area contributed by atoms with Gasteiger partial charge in [0.25, 0.3) is 0 Å². The molecule has 0 amide bonds. The molecule has 0 saturated carbocycles. The molecule has 0 aliphatic heterocycles. The van der Waals surface area contributed by atoms with E-state index in [-0.39, 0.29) is 0 Å². The van der Waals surface area contributed by atoms with Gasteiger partial charge >= 0.3 is 6.18 Å². The molecule has 1 heterocycles. The second kappa shape index (κ2) is 4.38. The summed E-state index contributed by atoms with van der Waals surface area (Å²) in [4.78, 5) is 1.00. The summed E-state index contributed by atoms with van der Waals surface area (Å²) >= 11 is 1.55. The van der Waals surface area contributed by atoms with Crippen LogP contribution in [0.3, 0.4) is 0 Å². The lowest BCUT2D eigenvalue weighted by atomic mass is 10.1. The highest BCUT2D eigenvalue weighted by Gasteiger charge is 2.30. The number of thiophene rings is 1. The van der Waals surface area contributed by atoms with Crippen LogP contribution in [-0.2, 0) is 6.18 Å². The lowest BCUT2D eigenvalue weighted by Crippen LogP contribution is -2.03. The summed E-state index contributed by atoms with van der Waals surface area (Å²) in [5.74, 6) is 0. The van der Waals surface area contributed by atoms with Crippen molar-refractivity contribution in [1.82, 2.24) is 0 Å². The van der Waals surface area contributed by atoms with E-state index in [0.29, 0.717) is 0 Å². The van der Waals surface area contributed by atoms with Crippen molar-refractivity contribution >= 4 is 22.1 Å². The minimum absolute atomic E-state index is 0.614. The summed E-state index contributed by atoms with van der Waals surface area (Å²) in [7, 11) is 0. The lowest BCUT2D eigenvalue weighted by molar-refractivity contribution is -0.137. The van der Waals surface area contributed by atoms with Crippen LogP contribution in [0.25, 0.3) is 21.2 Å². The molecule has 0 N–H and O–H groups in total. The van der Waals surface area contributed by atoms with Gasteiger partial charge in [-0.05, 0) is 28.5 Å². The van der Waals surface area contributed by atoms with Gasteiger partial charge in [-0.2, -0.15) is 13.2 Å². The van der Waals surface area contributed by atoms with E-state index in [0.717, 1.165) is 33.3 Å². The fourth-order valence-electron chi connectivity index (χ4n) is 2.03. The van der Waals surface area contributed by atoms with Crippen LogP contribution >= 0.6 is 11.3 Å². The molecule has 0 unspecified atom stereocenters. The Hall–Kier alpha value is -1.81. The molecular formula is C15H9F3S. The van der Waals surface area contributed by atoms with E-state index in [1.165, 1.54) is 12.1 Å². The molecule has 96 valence electrons. The summed E-state index contributed by atoms with van der Waals surface area (Å²) in [6.07, 6.45) is -4.28. The van der Waals surface area contributed by atoms with Crippen LogP contribution in [0.2, 0.25) is 0 Å². The Morgan fingerprint density at radius 1 is 0.842 bits per heavy atom. The zero-order chi connectivity index (χ0) is 13.5. The Morgan fingerprint density at radius 2 is 1.53 bits per heavy atom. The minimum Gasteiger partial charge on any atom is -0.166 e. The first-order valence-corrected chi connectivity index (χ1v) is 6.57. The zero-order valence-corrected chi connectivity index (χ0v) is 10.6. The summed E-state index contributed by atoms with van der Waals surface area (Å²) in [6.45, 7) is 0. The van der Waals surface area contributed by atoms with E-state index in [2.05, 4.69) is 0 Å². The normalized spacial score (nSPS) is 11.9. The van der Waals surface area contributed by atoms with E-state index in [1.807, 2.05) is 29.6 Å². The van der Waals surface area contributed by atoms with Crippen molar-refractivity contribution in [2.45, 2.75) is 6.18 Å². The standard InChI is InChI=1S/C15H9F3S/c16-15(17,18)12-7-5-10(6-8-12)14-13-4-2-1-3-11(13)9-19-14/h1-9H. The third kappa shape index (κ3) is 2.24. The molecule has 0 nitrogen and oxygen atoms in total. The van der Waals surface area contributed by atoms with E-state index in [1.54, 1.807) is 11.3 Å². The molecule has 19 heavy (non-hydrogen) atoms. The molecule has 3 rings (SSSR count). The van der Waals surface area contributed by atoms with E-state index >= 15 is 0 Å². The predicted octanol–water partition coefficient (Wildman–Crippen LogP) is 5.59. The number of hydrogen-bond donors (Lipinski definition) is 0. The molecule has 0 aliphatic carbocycles. The highest BCUT2D eigenvalue weighted by molar-refractivity contribution is 7.15. The van der Waals surface area contributed by atoms with Crippen molar-refractivity contribution in [3.63, 3.8) is 0 Å². The van der Waals surface area contributed by atoms with Crippen molar-refractivity contribution in [2.24, 2.45) is 0 Å². The first-order valence-electron chi connectivity index (χ1n) is 5.69. The molecule has 2 aromatic carbocycles. The molecular weight excluding hydrogens is 269 g/mol. The van der Waals surface area contributed by atoms with Gasteiger partial charge in [0.2, 0.25) is 0 Å². The van der Waals surface area contributed by atoms with Gasteiger partial charge in [0.1, 0.15) is 0 Å². The molecule has 0 aliphatic rings.